The minimum atomic E-state index is -0.0167. The summed E-state index contributed by atoms with van der Waals surface area (Å²) in [7, 11) is 0. The Morgan fingerprint density at radius 1 is 1.42 bits per heavy atom. The van der Waals surface area contributed by atoms with Crippen LogP contribution in [0.1, 0.15) is 30.2 Å². The molecule has 1 fully saturated rings. The van der Waals surface area contributed by atoms with Crippen molar-refractivity contribution in [1.29, 1.82) is 0 Å². The molecule has 4 nitrogen and oxygen atoms in total. The van der Waals surface area contributed by atoms with Crippen LogP contribution in [-0.2, 0) is 16.1 Å². The number of nitrogens with one attached hydrogen (secondary N) is 2. The van der Waals surface area contributed by atoms with Crippen molar-refractivity contribution >= 4 is 23.2 Å². The summed E-state index contributed by atoms with van der Waals surface area (Å²) in [6, 6.07) is 2.04. The number of aryl methyl sites for hydroxylation is 1. The number of hydrogen-bond acceptors (Lipinski definition) is 3. The Morgan fingerprint density at radius 2 is 2.16 bits per heavy atom. The Kier molecular flexibility index (Phi) is 4.58. The predicted molar refractivity (Wildman–Crippen MR) is 75.8 cm³/mol. The van der Waals surface area contributed by atoms with Crippen LogP contribution in [0.25, 0.3) is 0 Å². The van der Waals surface area contributed by atoms with Gasteiger partial charge in [0.25, 0.3) is 0 Å². The molecule has 0 saturated heterocycles. The highest BCUT2D eigenvalue weighted by atomic mass is 32.1. The van der Waals surface area contributed by atoms with Crippen LogP contribution in [0.4, 0.5) is 0 Å². The number of amides is 2. The Labute approximate surface area is 117 Å². The van der Waals surface area contributed by atoms with E-state index in [0.29, 0.717) is 25.4 Å². The Morgan fingerprint density at radius 3 is 2.74 bits per heavy atom. The van der Waals surface area contributed by atoms with E-state index in [-0.39, 0.29) is 17.7 Å². The Hall–Kier alpha value is -1.36. The number of thiophene rings is 1. The maximum atomic E-state index is 11.6. The van der Waals surface area contributed by atoms with Crippen molar-refractivity contribution in [3.05, 3.63) is 21.9 Å². The average molecular weight is 280 g/mol. The second-order valence-corrected chi connectivity index (χ2v) is 6.16. The van der Waals surface area contributed by atoms with Crippen molar-refractivity contribution < 1.29 is 9.59 Å². The molecule has 1 aromatic heterocycles. The van der Waals surface area contributed by atoms with Gasteiger partial charge in [0, 0.05) is 23.8 Å². The molecule has 0 radical (unpaired) electrons. The van der Waals surface area contributed by atoms with Crippen LogP contribution in [0, 0.1) is 18.8 Å². The number of carbonyl (C=O) groups excluding carboxylic acids is 2. The van der Waals surface area contributed by atoms with Crippen molar-refractivity contribution in [3.8, 4) is 0 Å². The van der Waals surface area contributed by atoms with Crippen molar-refractivity contribution in [1.82, 2.24) is 10.6 Å². The molecule has 19 heavy (non-hydrogen) atoms. The summed E-state index contributed by atoms with van der Waals surface area (Å²) in [5.41, 5.74) is 1.21. The zero-order valence-corrected chi connectivity index (χ0v) is 12.2. The molecule has 5 heteroatoms. The quantitative estimate of drug-likeness (QED) is 0.835. The van der Waals surface area contributed by atoms with Crippen molar-refractivity contribution in [2.45, 2.75) is 33.2 Å². The van der Waals surface area contributed by atoms with E-state index in [1.165, 1.54) is 10.4 Å². The maximum Gasteiger partial charge on any atom is 0.223 e. The molecule has 0 aliphatic heterocycles. The second kappa shape index (κ2) is 6.19. The first-order chi connectivity index (χ1) is 9.08. The summed E-state index contributed by atoms with van der Waals surface area (Å²) in [5.74, 6) is 0.763. The fourth-order valence-electron chi connectivity index (χ4n) is 1.97. The highest BCUT2D eigenvalue weighted by Gasteiger charge is 2.38. The topological polar surface area (TPSA) is 58.2 Å². The van der Waals surface area contributed by atoms with E-state index < -0.39 is 0 Å². The lowest BCUT2D eigenvalue weighted by molar-refractivity contribution is -0.123. The molecule has 2 atom stereocenters. The van der Waals surface area contributed by atoms with Gasteiger partial charge in [-0.1, -0.05) is 6.92 Å². The van der Waals surface area contributed by atoms with Gasteiger partial charge in [0.2, 0.25) is 11.8 Å². The predicted octanol–water partition coefficient (Wildman–Crippen LogP) is 1.84. The molecule has 2 amide bonds. The van der Waals surface area contributed by atoms with Gasteiger partial charge in [0.05, 0.1) is 6.54 Å². The van der Waals surface area contributed by atoms with E-state index in [1.54, 1.807) is 11.3 Å². The van der Waals surface area contributed by atoms with E-state index >= 15 is 0 Å². The summed E-state index contributed by atoms with van der Waals surface area (Å²) >= 11 is 1.65. The lowest BCUT2D eigenvalue weighted by atomic mass is 10.3. The third-order valence-corrected chi connectivity index (χ3v) is 4.53. The summed E-state index contributed by atoms with van der Waals surface area (Å²) in [5, 5.41) is 7.71. The average Bonchev–Trinajstić information content (AvgIpc) is 2.96. The molecule has 0 unspecified atom stereocenters. The SMILES string of the molecule is Cc1ccsc1CNC(=O)CCNC(=O)[C@H]1C[C@H]1C. The zero-order chi connectivity index (χ0) is 13.8. The van der Waals surface area contributed by atoms with Crippen LogP contribution < -0.4 is 10.6 Å². The summed E-state index contributed by atoms with van der Waals surface area (Å²) < 4.78 is 0. The van der Waals surface area contributed by atoms with Gasteiger partial charge in [0.1, 0.15) is 0 Å². The van der Waals surface area contributed by atoms with Gasteiger partial charge < -0.3 is 10.6 Å². The van der Waals surface area contributed by atoms with Gasteiger partial charge in [-0.05, 0) is 36.3 Å². The first-order valence-corrected chi connectivity index (χ1v) is 7.53. The third kappa shape index (κ3) is 4.06. The maximum absolute atomic E-state index is 11.6. The standard InChI is InChI=1S/C14H20N2O2S/c1-9-4-6-19-12(9)8-16-13(17)3-5-15-14(18)11-7-10(11)2/h4,6,10-11H,3,5,7-8H2,1-2H3,(H,15,18)(H,16,17)/t10-,11+/m1/s1. The zero-order valence-electron chi connectivity index (χ0n) is 11.4. The van der Waals surface area contributed by atoms with E-state index in [9.17, 15) is 9.59 Å². The van der Waals surface area contributed by atoms with Gasteiger partial charge >= 0.3 is 0 Å². The second-order valence-electron chi connectivity index (χ2n) is 5.16. The highest BCUT2D eigenvalue weighted by molar-refractivity contribution is 7.10. The van der Waals surface area contributed by atoms with Crippen LogP contribution in [0.2, 0.25) is 0 Å². The molecular weight excluding hydrogens is 260 g/mol. The van der Waals surface area contributed by atoms with Crippen molar-refractivity contribution in [2.75, 3.05) is 6.54 Å². The van der Waals surface area contributed by atoms with Crippen molar-refractivity contribution in [3.63, 3.8) is 0 Å². The molecule has 0 aromatic carbocycles. The van der Waals surface area contributed by atoms with Crippen LogP contribution >= 0.6 is 11.3 Å². The molecule has 1 heterocycles. The fraction of sp³-hybridized carbons (Fsp3) is 0.571. The first kappa shape index (κ1) is 14.1. The Balaban J connectivity index is 1.60. The largest absolute Gasteiger partial charge is 0.355 e. The van der Waals surface area contributed by atoms with E-state index in [1.807, 2.05) is 18.4 Å². The van der Waals surface area contributed by atoms with Crippen LogP contribution in [-0.4, -0.2) is 18.4 Å². The molecule has 1 aliphatic rings. The van der Waals surface area contributed by atoms with Crippen LogP contribution in [0.3, 0.4) is 0 Å². The lowest BCUT2D eigenvalue weighted by Crippen LogP contribution is -2.31. The summed E-state index contributed by atoms with van der Waals surface area (Å²) in [6.07, 6.45) is 1.33. The van der Waals surface area contributed by atoms with Gasteiger partial charge in [0.15, 0.2) is 0 Å². The first-order valence-electron chi connectivity index (χ1n) is 6.65. The van der Waals surface area contributed by atoms with Gasteiger partial charge in [-0.15, -0.1) is 11.3 Å². The molecule has 1 saturated carbocycles. The molecule has 0 bridgehead atoms. The lowest BCUT2D eigenvalue weighted by Gasteiger charge is -2.06. The Bertz CT molecular complexity index is 470. The highest BCUT2D eigenvalue weighted by Crippen LogP contribution is 2.37. The number of hydrogen-bond donors (Lipinski definition) is 2. The van der Waals surface area contributed by atoms with E-state index in [4.69, 9.17) is 0 Å². The van der Waals surface area contributed by atoms with Crippen molar-refractivity contribution in [2.24, 2.45) is 11.8 Å². The molecule has 2 rings (SSSR count). The fourth-order valence-corrected chi connectivity index (χ4v) is 2.82. The minimum Gasteiger partial charge on any atom is -0.355 e. The molecule has 2 N–H and O–H groups in total. The minimum absolute atomic E-state index is 0.0167. The van der Waals surface area contributed by atoms with Gasteiger partial charge in [-0.3, -0.25) is 9.59 Å². The summed E-state index contributed by atoms with van der Waals surface area (Å²) in [6.45, 7) is 5.11. The third-order valence-electron chi connectivity index (χ3n) is 3.51. The van der Waals surface area contributed by atoms with E-state index in [0.717, 1.165) is 6.42 Å². The van der Waals surface area contributed by atoms with E-state index in [2.05, 4.69) is 17.6 Å². The molecule has 0 spiro atoms. The normalized spacial score (nSPS) is 20.9. The molecule has 1 aliphatic carbocycles. The molecular formula is C14H20N2O2S. The number of carbonyl (C=O) groups is 2. The summed E-state index contributed by atoms with van der Waals surface area (Å²) in [4.78, 5) is 24.4. The van der Waals surface area contributed by atoms with Crippen LogP contribution in [0.15, 0.2) is 11.4 Å². The monoisotopic (exact) mass is 280 g/mol. The van der Waals surface area contributed by atoms with Crippen LogP contribution in [0.5, 0.6) is 0 Å². The molecule has 1 aromatic rings. The molecule has 104 valence electrons. The van der Waals surface area contributed by atoms with Gasteiger partial charge in [-0.25, -0.2) is 0 Å². The number of rotatable bonds is 6. The smallest absolute Gasteiger partial charge is 0.223 e. The van der Waals surface area contributed by atoms with Gasteiger partial charge in [-0.2, -0.15) is 0 Å².